The van der Waals surface area contributed by atoms with Crippen molar-refractivity contribution < 1.29 is 24.6 Å². The highest BCUT2D eigenvalue weighted by molar-refractivity contribution is 8.01. The fraction of sp³-hybridized carbons (Fsp3) is 0.611. The van der Waals surface area contributed by atoms with E-state index in [4.69, 9.17) is 0 Å². The van der Waals surface area contributed by atoms with Crippen molar-refractivity contribution in [2.24, 2.45) is 11.3 Å². The van der Waals surface area contributed by atoms with Crippen molar-refractivity contribution in [3.05, 3.63) is 21.9 Å². The van der Waals surface area contributed by atoms with Crippen molar-refractivity contribution in [2.75, 3.05) is 0 Å². The number of carboxylic acid groups (broad SMARTS) is 1. The molecule has 0 fully saturated rings. The summed E-state index contributed by atoms with van der Waals surface area (Å²) in [7, 11) is 0. The average molecular weight is 395 g/mol. The number of nitrogens with zero attached hydrogens (tertiary/aromatic N) is 1. The first-order chi connectivity index (χ1) is 12.5. The molecular formula is C18H25N3O5S. The maximum atomic E-state index is 13.0. The minimum atomic E-state index is -1.19. The Morgan fingerprint density at radius 2 is 2.04 bits per heavy atom. The third kappa shape index (κ3) is 3.58. The topological polar surface area (TPSA) is 119 Å². The number of allylic oxidation sites excluding steroid dienone is 1. The summed E-state index contributed by atoms with van der Waals surface area (Å²) in [6, 6.07) is -1.80. The lowest BCUT2D eigenvalue weighted by Gasteiger charge is -2.32. The second kappa shape index (κ2) is 6.87. The maximum absolute atomic E-state index is 13.0. The van der Waals surface area contributed by atoms with Crippen molar-refractivity contribution in [3.63, 3.8) is 0 Å². The Bertz CT molecular complexity index is 771. The van der Waals surface area contributed by atoms with Gasteiger partial charge in [-0.2, -0.15) is 0 Å². The number of carbonyl (C=O) groups excluding carboxylic acids is 2. The molecule has 4 N–H and O–H groups in total. The number of rotatable bonds is 4. The molecule has 2 aliphatic heterocycles. The number of fused-ring (bicyclic) bond motifs is 2. The van der Waals surface area contributed by atoms with Gasteiger partial charge in [-0.1, -0.05) is 27.7 Å². The van der Waals surface area contributed by atoms with Crippen LogP contribution in [0.1, 0.15) is 47.0 Å². The second-order valence-corrected chi connectivity index (χ2v) is 9.41. The van der Waals surface area contributed by atoms with Crippen molar-refractivity contribution in [1.29, 1.82) is 0 Å². The summed E-state index contributed by atoms with van der Waals surface area (Å²) in [4.78, 5) is 38.1. The first-order valence-electron chi connectivity index (χ1n) is 8.99. The summed E-state index contributed by atoms with van der Waals surface area (Å²) < 4.78 is 1.58. The lowest BCUT2D eigenvalue weighted by atomic mass is 9.76. The van der Waals surface area contributed by atoms with E-state index in [1.807, 2.05) is 0 Å². The van der Waals surface area contributed by atoms with Crippen molar-refractivity contribution in [1.82, 2.24) is 15.2 Å². The van der Waals surface area contributed by atoms with Crippen LogP contribution in [0.4, 0.5) is 0 Å². The highest BCUT2D eigenvalue weighted by atomic mass is 32.2. The number of aliphatic hydroxyl groups is 1. The SMILES string of the molecule is CC(C)C(NC(=O)C1=C(O)NN2SC3=C(CCC(C)(C)C3)C2C1=O)C(=O)O. The molecule has 2 atom stereocenters. The van der Waals surface area contributed by atoms with Crippen LogP contribution in [0, 0.1) is 11.3 Å². The van der Waals surface area contributed by atoms with Gasteiger partial charge in [0, 0.05) is 4.91 Å². The number of carbonyl (C=O) groups is 3. The van der Waals surface area contributed by atoms with Crippen LogP contribution >= 0.6 is 11.9 Å². The zero-order valence-corrected chi connectivity index (χ0v) is 16.6. The summed E-state index contributed by atoms with van der Waals surface area (Å²) in [6.07, 6.45) is 2.53. The minimum Gasteiger partial charge on any atom is -0.493 e. The number of ketones is 1. The molecule has 0 aromatic carbocycles. The summed E-state index contributed by atoms with van der Waals surface area (Å²) in [5.41, 5.74) is 3.43. The van der Waals surface area contributed by atoms with Crippen LogP contribution in [0.2, 0.25) is 0 Å². The molecule has 0 saturated heterocycles. The molecule has 0 saturated carbocycles. The number of amides is 1. The summed E-state index contributed by atoms with van der Waals surface area (Å²) in [5, 5.41) is 21.9. The molecule has 0 radical (unpaired) electrons. The Hall–Kier alpha value is -2.00. The van der Waals surface area contributed by atoms with E-state index in [0.29, 0.717) is 0 Å². The van der Waals surface area contributed by atoms with Crippen LogP contribution < -0.4 is 10.7 Å². The first kappa shape index (κ1) is 19.8. The van der Waals surface area contributed by atoms with Gasteiger partial charge in [0.1, 0.15) is 17.7 Å². The van der Waals surface area contributed by atoms with Gasteiger partial charge in [0.15, 0.2) is 5.78 Å². The second-order valence-electron chi connectivity index (χ2n) is 8.34. The zero-order chi connectivity index (χ0) is 20.1. The largest absolute Gasteiger partial charge is 0.493 e. The Kier molecular flexibility index (Phi) is 5.02. The lowest BCUT2D eigenvalue weighted by Crippen LogP contribution is -2.53. The predicted octanol–water partition coefficient (Wildman–Crippen LogP) is 1.87. The molecular weight excluding hydrogens is 370 g/mol. The molecule has 0 aromatic rings. The average Bonchev–Trinajstić information content (AvgIpc) is 2.87. The molecule has 8 nitrogen and oxygen atoms in total. The number of hydrogen-bond donors (Lipinski definition) is 4. The molecule has 0 spiro atoms. The molecule has 0 aromatic heterocycles. The third-order valence-corrected chi connectivity index (χ3v) is 6.36. The van der Waals surface area contributed by atoms with E-state index in [9.17, 15) is 24.6 Å². The van der Waals surface area contributed by atoms with Gasteiger partial charge in [-0.05, 0) is 48.1 Å². The number of hydrogen-bond acceptors (Lipinski definition) is 7. The van der Waals surface area contributed by atoms with Crippen LogP contribution in [0.5, 0.6) is 0 Å². The normalized spacial score (nSPS) is 25.8. The Balaban J connectivity index is 1.85. The number of Topliss-reactive ketones (excluding diaryl/α,β-unsaturated/α-hetero) is 1. The van der Waals surface area contributed by atoms with Crippen molar-refractivity contribution >= 4 is 29.6 Å². The molecule has 148 valence electrons. The van der Waals surface area contributed by atoms with Crippen LogP contribution in [-0.4, -0.2) is 44.4 Å². The van der Waals surface area contributed by atoms with Crippen LogP contribution in [0.25, 0.3) is 0 Å². The molecule has 2 unspecified atom stereocenters. The molecule has 3 aliphatic rings. The van der Waals surface area contributed by atoms with E-state index in [0.717, 1.165) is 29.7 Å². The van der Waals surface area contributed by atoms with E-state index >= 15 is 0 Å². The van der Waals surface area contributed by atoms with Gasteiger partial charge in [-0.15, -0.1) is 4.41 Å². The number of nitrogens with one attached hydrogen (secondary N) is 2. The van der Waals surface area contributed by atoms with Gasteiger partial charge in [0.05, 0.1) is 0 Å². The summed E-state index contributed by atoms with van der Waals surface area (Å²) >= 11 is 1.39. The van der Waals surface area contributed by atoms with Gasteiger partial charge >= 0.3 is 5.97 Å². The van der Waals surface area contributed by atoms with Crippen LogP contribution in [0.3, 0.4) is 0 Å². The van der Waals surface area contributed by atoms with Gasteiger partial charge in [-0.25, -0.2) is 4.79 Å². The molecule has 27 heavy (non-hydrogen) atoms. The van der Waals surface area contributed by atoms with Gasteiger partial charge in [-0.3, -0.25) is 15.0 Å². The maximum Gasteiger partial charge on any atom is 0.326 e. The lowest BCUT2D eigenvalue weighted by molar-refractivity contribution is -0.143. The van der Waals surface area contributed by atoms with Gasteiger partial charge in [0.2, 0.25) is 5.88 Å². The fourth-order valence-electron chi connectivity index (χ4n) is 3.65. The molecule has 0 bridgehead atoms. The molecule has 1 amide bonds. The monoisotopic (exact) mass is 395 g/mol. The molecule has 1 aliphatic carbocycles. The first-order valence-corrected chi connectivity index (χ1v) is 9.76. The smallest absolute Gasteiger partial charge is 0.326 e. The number of aliphatic carboxylic acids is 1. The molecule has 9 heteroatoms. The van der Waals surface area contributed by atoms with Crippen LogP contribution in [-0.2, 0) is 14.4 Å². The van der Waals surface area contributed by atoms with E-state index in [2.05, 4.69) is 24.6 Å². The summed E-state index contributed by atoms with van der Waals surface area (Å²) in [5.74, 6) is -3.48. The van der Waals surface area contributed by atoms with E-state index in [1.165, 1.54) is 11.9 Å². The molecule has 2 heterocycles. The van der Waals surface area contributed by atoms with Crippen molar-refractivity contribution in [3.8, 4) is 0 Å². The van der Waals surface area contributed by atoms with E-state index in [1.54, 1.807) is 18.3 Å². The number of hydrazine groups is 1. The number of aliphatic hydroxyl groups excluding tert-OH is 1. The minimum absolute atomic E-state index is 0.144. The van der Waals surface area contributed by atoms with Gasteiger partial charge in [0.25, 0.3) is 5.91 Å². The van der Waals surface area contributed by atoms with Crippen molar-refractivity contribution in [2.45, 2.75) is 59.0 Å². The van der Waals surface area contributed by atoms with E-state index in [-0.39, 0.29) is 11.3 Å². The Morgan fingerprint density at radius 3 is 2.63 bits per heavy atom. The highest BCUT2D eigenvalue weighted by Gasteiger charge is 2.48. The van der Waals surface area contributed by atoms with E-state index < -0.39 is 41.2 Å². The number of carboxylic acids is 1. The standard InChI is InChI=1S/C18H25N3O5S/c1-8(2)12(17(25)26)19-15(23)11-14(22)13-9-5-6-18(3,4)7-10(9)27-21(13)20-16(11)24/h8,12-13,20,24H,5-7H2,1-4H3,(H,19,23)(H,25,26). The van der Waals surface area contributed by atoms with Gasteiger partial charge < -0.3 is 15.5 Å². The summed E-state index contributed by atoms with van der Waals surface area (Å²) in [6.45, 7) is 7.67. The predicted molar refractivity (Wildman–Crippen MR) is 100 cm³/mol. The fourth-order valence-corrected chi connectivity index (χ4v) is 5.14. The third-order valence-electron chi connectivity index (χ3n) is 5.24. The highest BCUT2D eigenvalue weighted by Crippen LogP contribution is 2.51. The molecule has 3 rings (SSSR count). The Morgan fingerprint density at radius 1 is 1.37 bits per heavy atom. The quantitative estimate of drug-likeness (QED) is 0.421. The zero-order valence-electron chi connectivity index (χ0n) is 15.8. The van der Waals surface area contributed by atoms with Crippen LogP contribution in [0.15, 0.2) is 21.9 Å². The Labute approximate surface area is 162 Å².